The maximum atomic E-state index is 12.6. The Morgan fingerprint density at radius 2 is 1.74 bits per heavy atom. The minimum atomic E-state index is -0.541. The zero-order valence-corrected chi connectivity index (χ0v) is 17.3. The van der Waals surface area contributed by atoms with E-state index >= 15 is 0 Å². The Labute approximate surface area is 179 Å². The molecule has 1 fully saturated rings. The van der Waals surface area contributed by atoms with Crippen molar-refractivity contribution in [1.82, 2.24) is 9.88 Å². The molecular formula is C23H22N4O4. The van der Waals surface area contributed by atoms with E-state index in [1.807, 2.05) is 43.3 Å². The predicted octanol–water partition coefficient (Wildman–Crippen LogP) is 3.63. The molecular weight excluding hydrogens is 396 g/mol. The van der Waals surface area contributed by atoms with Crippen LogP contribution in [0.25, 0.3) is 11.1 Å². The molecule has 0 atom stereocenters. The number of amides is 1. The molecule has 0 unspecified atom stereocenters. The molecule has 3 aromatic rings. The number of pyridine rings is 1. The lowest BCUT2D eigenvalue weighted by Gasteiger charge is -2.38. The SMILES string of the molecule is CN(C)c1ccc(-c2ccc(OC3CN(C(=O)c4ccccc4[N+](=O)[O-])C3)nc2)cc1. The second kappa shape index (κ2) is 8.43. The molecule has 0 radical (unpaired) electrons. The van der Waals surface area contributed by atoms with Gasteiger partial charge in [0.15, 0.2) is 0 Å². The lowest BCUT2D eigenvalue weighted by atomic mass is 10.1. The fraction of sp³-hybridized carbons (Fsp3) is 0.217. The number of benzene rings is 2. The highest BCUT2D eigenvalue weighted by Crippen LogP contribution is 2.26. The lowest BCUT2D eigenvalue weighted by Crippen LogP contribution is -2.56. The Bertz CT molecular complexity index is 1090. The van der Waals surface area contributed by atoms with Gasteiger partial charge in [0.05, 0.1) is 18.0 Å². The Hall–Kier alpha value is -3.94. The number of anilines is 1. The van der Waals surface area contributed by atoms with Gasteiger partial charge in [0, 0.05) is 43.7 Å². The summed E-state index contributed by atoms with van der Waals surface area (Å²) in [5, 5.41) is 11.1. The van der Waals surface area contributed by atoms with Crippen LogP contribution in [0.1, 0.15) is 10.4 Å². The van der Waals surface area contributed by atoms with Crippen LogP contribution in [0.15, 0.2) is 66.9 Å². The number of aromatic nitrogens is 1. The maximum Gasteiger partial charge on any atom is 0.282 e. The van der Waals surface area contributed by atoms with Gasteiger partial charge < -0.3 is 14.5 Å². The number of carbonyl (C=O) groups excluding carboxylic acids is 1. The Balaban J connectivity index is 1.35. The van der Waals surface area contributed by atoms with E-state index in [1.165, 1.54) is 17.0 Å². The number of nitro groups is 1. The van der Waals surface area contributed by atoms with Crippen molar-refractivity contribution in [3.05, 3.63) is 82.5 Å². The number of carbonyl (C=O) groups is 1. The normalized spacial score (nSPS) is 13.4. The third kappa shape index (κ3) is 4.32. The minimum absolute atomic E-state index is 0.0914. The highest BCUT2D eigenvalue weighted by atomic mass is 16.6. The van der Waals surface area contributed by atoms with E-state index in [0.29, 0.717) is 19.0 Å². The average Bonchev–Trinajstić information content (AvgIpc) is 2.76. The second-order valence-electron chi connectivity index (χ2n) is 7.55. The molecule has 158 valence electrons. The Kier molecular flexibility index (Phi) is 5.53. The van der Waals surface area contributed by atoms with E-state index in [2.05, 4.69) is 17.1 Å². The molecule has 8 nitrogen and oxygen atoms in total. The smallest absolute Gasteiger partial charge is 0.282 e. The number of nitro benzene ring substituents is 1. The monoisotopic (exact) mass is 418 g/mol. The lowest BCUT2D eigenvalue weighted by molar-refractivity contribution is -0.385. The summed E-state index contributed by atoms with van der Waals surface area (Å²) in [5.41, 5.74) is 3.08. The number of para-hydroxylation sites is 1. The predicted molar refractivity (Wildman–Crippen MR) is 117 cm³/mol. The molecule has 2 aromatic carbocycles. The summed E-state index contributed by atoms with van der Waals surface area (Å²) in [6.07, 6.45) is 1.57. The molecule has 4 rings (SSSR count). The van der Waals surface area contributed by atoms with Crippen molar-refractivity contribution in [2.75, 3.05) is 32.1 Å². The molecule has 1 aromatic heterocycles. The zero-order chi connectivity index (χ0) is 22.0. The second-order valence-corrected chi connectivity index (χ2v) is 7.55. The number of ether oxygens (including phenoxy) is 1. The van der Waals surface area contributed by atoms with Crippen LogP contribution in [0, 0.1) is 10.1 Å². The fourth-order valence-corrected chi connectivity index (χ4v) is 3.41. The van der Waals surface area contributed by atoms with Crippen molar-refractivity contribution >= 4 is 17.3 Å². The van der Waals surface area contributed by atoms with Crippen molar-refractivity contribution < 1.29 is 14.5 Å². The van der Waals surface area contributed by atoms with Crippen molar-refractivity contribution in [2.24, 2.45) is 0 Å². The molecule has 1 aliphatic heterocycles. The molecule has 8 heteroatoms. The highest BCUT2D eigenvalue weighted by molar-refractivity contribution is 5.98. The van der Waals surface area contributed by atoms with Gasteiger partial charge in [-0.3, -0.25) is 14.9 Å². The quantitative estimate of drug-likeness (QED) is 0.449. The van der Waals surface area contributed by atoms with Crippen molar-refractivity contribution in [1.29, 1.82) is 0 Å². The molecule has 1 saturated heterocycles. The summed E-state index contributed by atoms with van der Waals surface area (Å²) < 4.78 is 5.84. The van der Waals surface area contributed by atoms with E-state index in [9.17, 15) is 14.9 Å². The van der Waals surface area contributed by atoms with Crippen LogP contribution in [0.4, 0.5) is 11.4 Å². The molecule has 31 heavy (non-hydrogen) atoms. The van der Waals surface area contributed by atoms with Crippen LogP contribution in [-0.2, 0) is 0 Å². The summed E-state index contributed by atoms with van der Waals surface area (Å²) in [6.45, 7) is 0.723. The summed E-state index contributed by atoms with van der Waals surface area (Å²) in [6, 6.07) is 17.9. The number of nitrogens with zero attached hydrogens (tertiary/aromatic N) is 4. The van der Waals surface area contributed by atoms with Crippen LogP contribution in [0.3, 0.4) is 0 Å². The number of likely N-dealkylation sites (tertiary alicyclic amines) is 1. The minimum Gasteiger partial charge on any atom is -0.471 e. The molecule has 2 heterocycles. The summed E-state index contributed by atoms with van der Waals surface area (Å²) in [5.74, 6) is 0.119. The van der Waals surface area contributed by atoms with E-state index in [-0.39, 0.29) is 23.3 Å². The average molecular weight is 418 g/mol. The first-order valence-electron chi connectivity index (χ1n) is 9.85. The zero-order valence-electron chi connectivity index (χ0n) is 17.3. The van der Waals surface area contributed by atoms with Gasteiger partial charge in [-0.2, -0.15) is 0 Å². The molecule has 1 aliphatic rings. The summed E-state index contributed by atoms with van der Waals surface area (Å²) in [4.78, 5) is 31.1. The Morgan fingerprint density at radius 3 is 2.35 bits per heavy atom. The van der Waals surface area contributed by atoms with Gasteiger partial charge in [0.2, 0.25) is 5.88 Å². The summed E-state index contributed by atoms with van der Waals surface area (Å²) in [7, 11) is 4.00. The van der Waals surface area contributed by atoms with Crippen molar-refractivity contribution in [2.45, 2.75) is 6.10 Å². The van der Waals surface area contributed by atoms with Gasteiger partial charge in [-0.25, -0.2) is 4.98 Å². The maximum absolute atomic E-state index is 12.6. The number of hydrogen-bond acceptors (Lipinski definition) is 6. The molecule has 1 amide bonds. The van der Waals surface area contributed by atoms with E-state index in [1.54, 1.807) is 18.3 Å². The summed E-state index contributed by atoms with van der Waals surface area (Å²) >= 11 is 0. The Morgan fingerprint density at radius 1 is 1.06 bits per heavy atom. The van der Waals surface area contributed by atoms with Crippen LogP contribution in [-0.4, -0.2) is 54.0 Å². The van der Waals surface area contributed by atoms with Gasteiger partial charge in [-0.1, -0.05) is 24.3 Å². The molecule has 0 bridgehead atoms. The molecule has 0 aliphatic carbocycles. The van der Waals surface area contributed by atoms with Crippen LogP contribution >= 0.6 is 0 Å². The largest absolute Gasteiger partial charge is 0.471 e. The first-order chi connectivity index (χ1) is 14.9. The van der Waals surface area contributed by atoms with Gasteiger partial charge in [-0.15, -0.1) is 0 Å². The third-order valence-electron chi connectivity index (χ3n) is 5.21. The first-order valence-corrected chi connectivity index (χ1v) is 9.85. The molecule has 0 N–H and O–H groups in total. The topological polar surface area (TPSA) is 88.8 Å². The van der Waals surface area contributed by atoms with Crippen LogP contribution in [0.5, 0.6) is 5.88 Å². The van der Waals surface area contributed by atoms with Gasteiger partial charge in [-0.05, 0) is 29.8 Å². The third-order valence-corrected chi connectivity index (χ3v) is 5.21. The standard InChI is InChI=1S/C23H22N4O4/c1-25(2)18-10-7-16(8-11-18)17-9-12-22(24-13-17)31-19-14-26(15-19)23(28)20-5-3-4-6-21(20)27(29)30/h3-13,19H,14-15H2,1-2H3. The highest BCUT2D eigenvalue weighted by Gasteiger charge is 2.35. The van der Waals surface area contributed by atoms with E-state index in [0.717, 1.165) is 16.8 Å². The van der Waals surface area contributed by atoms with E-state index < -0.39 is 4.92 Å². The fourth-order valence-electron chi connectivity index (χ4n) is 3.41. The number of hydrogen-bond donors (Lipinski definition) is 0. The van der Waals surface area contributed by atoms with Gasteiger partial charge >= 0.3 is 0 Å². The van der Waals surface area contributed by atoms with Gasteiger partial charge in [0.1, 0.15) is 11.7 Å². The van der Waals surface area contributed by atoms with Crippen molar-refractivity contribution in [3.63, 3.8) is 0 Å². The van der Waals surface area contributed by atoms with E-state index in [4.69, 9.17) is 4.74 Å². The number of rotatable bonds is 6. The molecule has 0 saturated carbocycles. The first kappa shape index (κ1) is 20.3. The molecule has 0 spiro atoms. The van der Waals surface area contributed by atoms with Crippen LogP contribution < -0.4 is 9.64 Å². The van der Waals surface area contributed by atoms with Gasteiger partial charge in [0.25, 0.3) is 11.6 Å². The van der Waals surface area contributed by atoms with Crippen LogP contribution in [0.2, 0.25) is 0 Å². The van der Waals surface area contributed by atoms with Crippen molar-refractivity contribution in [3.8, 4) is 17.0 Å².